The third-order valence-electron chi connectivity index (χ3n) is 7.42. The SMILES string of the molecule is CN(C)c1ccc([C@@H]([NH+]2CCCCC2)P(=O)(N2CCCCC2)N2CCCCC2)cc1. The van der Waals surface area contributed by atoms with Gasteiger partial charge in [-0.2, -0.15) is 0 Å². The summed E-state index contributed by atoms with van der Waals surface area (Å²) in [5.74, 6) is 0.0882. The molecular formula is C24H42N4OP+. The van der Waals surface area contributed by atoms with E-state index in [1.807, 2.05) is 0 Å². The number of hydrogen-bond acceptors (Lipinski definition) is 2. The summed E-state index contributed by atoms with van der Waals surface area (Å²) in [6, 6.07) is 9.01. The average molecular weight is 434 g/mol. The van der Waals surface area contributed by atoms with Crippen LogP contribution in [0.3, 0.4) is 0 Å². The highest BCUT2D eigenvalue weighted by atomic mass is 31.2. The second kappa shape index (κ2) is 10.2. The Hall–Kier alpha value is -0.870. The molecule has 1 atom stereocenters. The molecule has 3 aliphatic heterocycles. The van der Waals surface area contributed by atoms with Gasteiger partial charge in [0.15, 0.2) is 5.78 Å². The molecule has 0 radical (unpaired) electrons. The van der Waals surface area contributed by atoms with Crippen molar-refractivity contribution in [3.05, 3.63) is 29.8 Å². The Balaban J connectivity index is 1.76. The Morgan fingerprint density at radius 3 is 1.70 bits per heavy atom. The maximum absolute atomic E-state index is 15.4. The molecule has 30 heavy (non-hydrogen) atoms. The zero-order valence-corrected chi connectivity index (χ0v) is 20.1. The van der Waals surface area contributed by atoms with Gasteiger partial charge in [0.2, 0.25) is 0 Å². The number of nitrogens with one attached hydrogen (secondary N) is 1. The number of quaternary nitrogens is 1. The normalized spacial score (nSPS) is 23.9. The number of anilines is 1. The largest absolute Gasteiger partial charge is 0.378 e. The van der Waals surface area contributed by atoms with E-state index >= 15 is 4.57 Å². The molecule has 6 heteroatoms. The summed E-state index contributed by atoms with van der Waals surface area (Å²) in [5.41, 5.74) is 2.51. The highest BCUT2D eigenvalue weighted by Gasteiger charge is 2.51. The zero-order chi connectivity index (χ0) is 21.0. The molecule has 1 aromatic rings. The van der Waals surface area contributed by atoms with E-state index in [9.17, 15) is 0 Å². The summed E-state index contributed by atoms with van der Waals surface area (Å²) in [6.07, 6.45) is 11.2. The second-order valence-corrected chi connectivity index (χ2v) is 12.6. The molecular weight excluding hydrogens is 391 g/mol. The van der Waals surface area contributed by atoms with Crippen molar-refractivity contribution in [1.82, 2.24) is 9.34 Å². The number of likely N-dealkylation sites (tertiary alicyclic amines) is 1. The van der Waals surface area contributed by atoms with E-state index in [-0.39, 0.29) is 5.78 Å². The van der Waals surface area contributed by atoms with E-state index in [1.165, 1.54) is 69.0 Å². The number of rotatable bonds is 6. The topological polar surface area (TPSA) is 31.2 Å². The lowest BCUT2D eigenvalue weighted by Gasteiger charge is -2.47. The molecule has 3 aliphatic rings. The Bertz CT molecular complexity index is 682. The standard InChI is InChI=1S/C24H41N4OP/c1-25(2)23-14-12-22(13-15-23)24(26-16-6-3-7-17-26)30(29,27-18-8-4-9-19-27)28-20-10-5-11-21-28/h12-15,24H,3-11,16-21H2,1-2H3/p+1/t24-/m0/s1. The first-order valence-corrected chi connectivity index (χ1v) is 14.0. The molecule has 0 unspecified atom stereocenters. The van der Waals surface area contributed by atoms with Crippen LogP contribution in [-0.2, 0) is 4.57 Å². The van der Waals surface area contributed by atoms with Crippen LogP contribution in [0, 0.1) is 0 Å². The lowest BCUT2D eigenvalue weighted by atomic mass is 10.1. The minimum atomic E-state index is -2.69. The number of hydrogen-bond donors (Lipinski definition) is 1. The van der Waals surface area contributed by atoms with Crippen LogP contribution in [0.1, 0.15) is 69.1 Å². The minimum absolute atomic E-state index is 0.0882. The van der Waals surface area contributed by atoms with Gasteiger partial charge in [0.05, 0.1) is 13.1 Å². The van der Waals surface area contributed by atoms with Crippen molar-refractivity contribution in [2.24, 2.45) is 0 Å². The van der Waals surface area contributed by atoms with Crippen molar-refractivity contribution in [3.63, 3.8) is 0 Å². The highest BCUT2D eigenvalue weighted by molar-refractivity contribution is 7.59. The van der Waals surface area contributed by atoms with Gasteiger partial charge in [-0.3, -0.25) is 4.57 Å². The van der Waals surface area contributed by atoms with Gasteiger partial charge in [0.25, 0.3) is 7.44 Å². The summed E-state index contributed by atoms with van der Waals surface area (Å²) in [4.78, 5) is 3.72. The van der Waals surface area contributed by atoms with Crippen LogP contribution >= 0.6 is 7.44 Å². The Labute approximate surface area is 183 Å². The Kier molecular flexibility index (Phi) is 7.57. The summed E-state index contributed by atoms with van der Waals surface area (Å²) in [7, 11) is 1.49. The maximum atomic E-state index is 15.4. The van der Waals surface area contributed by atoms with Crippen LogP contribution in [0.5, 0.6) is 0 Å². The molecule has 0 aliphatic carbocycles. The minimum Gasteiger partial charge on any atom is -0.378 e. The molecule has 3 saturated heterocycles. The fourth-order valence-electron chi connectivity index (χ4n) is 5.73. The number of benzene rings is 1. The van der Waals surface area contributed by atoms with Gasteiger partial charge >= 0.3 is 0 Å². The van der Waals surface area contributed by atoms with Gasteiger partial charge in [-0.25, -0.2) is 9.34 Å². The van der Waals surface area contributed by atoms with Crippen molar-refractivity contribution in [2.45, 2.75) is 63.6 Å². The third kappa shape index (κ3) is 4.65. The van der Waals surface area contributed by atoms with Crippen molar-refractivity contribution >= 4 is 13.1 Å². The molecule has 0 saturated carbocycles. The smallest absolute Gasteiger partial charge is 0.277 e. The molecule has 3 heterocycles. The van der Waals surface area contributed by atoms with Crippen molar-refractivity contribution in [3.8, 4) is 0 Å². The lowest BCUT2D eigenvalue weighted by Crippen LogP contribution is -3.13. The molecule has 0 bridgehead atoms. The Morgan fingerprint density at radius 1 is 0.767 bits per heavy atom. The van der Waals surface area contributed by atoms with Crippen molar-refractivity contribution in [2.75, 3.05) is 58.3 Å². The summed E-state index contributed by atoms with van der Waals surface area (Å²) < 4.78 is 20.3. The van der Waals surface area contributed by atoms with E-state index in [2.05, 4.69) is 52.6 Å². The first kappa shape index (κ1) is 22.3. The van der Waals surface area contributed by atoms with E-state index < -0.39 is 7.44 Å². The molecule has 5 nitrogen and oxygen atoms in total. The number of nitrogens with zero attached hydrogens (tertiary/aromatic N) is 3. The molecule has 4 rings (SSSR count). The van der Waals surface area contributed by atoms with Gasteiger partial charge in [-0.15, -0.1) is 0 Å². The predicted molar refractivity (Wildman–Crippen MR) is 127 cm³/mol. The van der Waals surface area contributed by atoms with Gasteiger partial charge in [0, 0.05) is 51.5 Å². The van der Waals surface area contributed by atoms with Gasteiger partial charge < -0.3 is 9.80 Å². The third-order valence-corrected chi connectivity index (χ3v) is 11.2. The van der Waals surface area contributed by atoms with Crippen molar-refractivity contribution < 1.29 is 9.46 Å². The molecule has 1 N–H and O–H groups in total. The molecule has 0 amide bonds. The summed E-state index contributed by atoms with van der Waals surface area (Å²) in [6.45, 7) is 6.35. The quantitative estimate of drug-likeness (QED) is 0.688. The lowest BCUT2D eigenvalue weighted by molar-refractivity contribution is -0.922. The van der Waals surface area contributed by atoms with E-state index in [0.717, 1.165) is 39.3 Å². The Morgan fingerprint density at radius 2 is 1.23 bits per heavy atom. The first-order valence-electron chi connectivity index (χ1n) is 12.3. The zero-order valence-electron chi connectivity index (χ0n) is 19.2. The van der Waals surface area contributed by atoms with Crippen LogP contribution in [0.4, 0.5) is 5.69 Å². The average Bonchev–Trinajstić information content (AvgIpc) is 2.81. The van der Waals surface area contributed by atoms with Gasteiger partial charge in [0.1, 0.15) is 0 Å². The van der Waals surface area contributed by atoms with E-state index in [4.69, 9.17) is 0 Å². The number of piperidine rings is 3. The van der Waals surface area contributed by atoms with Crippen LogP contribution in [0.25, 0.3) is 0 Å². The fraction of sp³-hybridized carbons (Fsp3) is 0.750. The monoisotopic (exact) mass is 433 g/mol. The molecule has 1 aromatic carbocycles. The van der Waals surface area contributed by atoms with E-state index in [1.54, 1.807) is 4.90 Å². The van der Waals surface area contributed by atoms with Crippen LogP contribution in [-0.4, -0.2) is 62.7 Å². The second-order valence-electron chi connectivity index (χ2n) is 9.73. The highest BCUT2D eigenvalue weighted by Crippen LogP contribution is 2.63. The summed E-state index contributed by atoms with van der Waals surface area (Å²) >= 11 is 0. The van der Waals surface area contributed by atoms with E-state index in [0.29, 0.717) is 0 Å². The van der Waals surface area contributed by atoms with Crippen LogP contribution in [0.15, 0.2) is 24.3 Å². The van der Waals surface area contributed by atoms with Crippen LogP contribution in [0.2, 0.25) is 0 Å². The summed E-state index contributed by atoms with van der Waals surface area (Å²) in [5, 5.41) is 0. The predicted octanol–water partition coefficient (Wildman–Crippen LogP) is 3.98. The molecule has 168 valence electrons. The molecule has 0 aromatic heterocycles. The first-order chi connectivity index (χ1) is 14.6. The maximum Gasteiger partial charge on any atom is 0.277 e. The molecule has 0 spiro atoms. The fourth-order valence-corrected chi connectivity index (χ4v) is 9.75. The van der Waals surface area contributed by atoms with Gasteiger partial charge in [-0.1, -0.05) is 25.0 Å². The van der Waals surface area contributed by atoms with Crippen molar-refractivity contribution in [1.29, 1.82) is 0 Å². The van der Waals surface area contributed by atoms with Gasteiger partial charge in [-0.05, 0) is 57.1 Å². The molecule has 3 fully saturated rings. The van der Waals surface area contributed by atoms with Crippen LogP contribution < -0.4 is 9.80 Å².